The van der Waals surface area contributed by atoms with Gasteiger partial charge in [-0.3, -0.25) is 9.89 Å². The Bertz CT molecular complexity index is 881. The predicted molar refractivity (Wildman–Crippen MR) is 98.0 cm³/mol. The first kappa shape index (κ1) is 18.4. The molecule has 0 amide bonds. The summed E-state index contributed by atoms with van der Waals surface area (Å²) in [4.78, 5) is 12.5. The molecule has 0 spiro atoms. The van der Waals surface area contributed by atoms with Crippen LogP contribution in [-0.2, 0) is 5.41 Å². The van der Waals surface area contributed by atoms with Crippen LogP contribution in [0.2, 0.25) is 5.02 Å². The molecule has 24 heavy (non-hydrogen) atoms. The Hall–Kier alpha value is -1.99. The number of nitrogens with zero attached hydrogens (tertiary/aromatic N) is 3. The van der Waals surface area contributed by atoms with Gasteiger partial charge in [0.1, 0.15) is 11.4 Å². The van der Waals surface area contributed by atoms with Gasteiger partial charge in [-0.15, -0.1) is 0 Å². The van der Waals surface area contributed by atoms with Crippen molar-refractivity contribution in [3.05, 3.63) is 49.6 Å². The number of benzene rings is 1. The Kier molecular flexibility index (Phi) is 5.56. The Labute approximate surface area is 150 Å². The molecule has 2 rings (SSSR count). The molecule has 128 valence electrons. The van der Waals surface area contributed by atoms with E-state index < -0.39 is 5.41 Å². The number of nitrogens with one attached hydrogen (secondary N) is 1. The van der Waals surface area contributed by atoms with Crippen molar-refractivity contribution in [1.82, 2.24) is 14.9 Å². The second-order valence-corrected chi connectivity index (χ2v) is 6.91. The fourth-order valence-electron chi connectivity index (χ4n) is 1.98. The van der Waals surface area contributed by atoms with Crippen LogP contribution < -0.4 is 10.3 Å². The minimum Gasteiger partial charge on any atom is -0.492 e. The van der Waals surface area contributed by atoms with Crippen molar-refractivity contribution >= 4 is 30.0 Å². The van der Waals surface area contributed by atoms with Crippen molar-refractivity contribution in [1.29, 1.82) is 0 Å². The van der Waals surface area contributed by atoms with Crippen molar-refractivity contribution in [2.75, 3.05) is 6.61 Å². The third-order valence-electron chi connectivity index (χ3n) is 3.14. The highest BCUT2D eigenvalue weighted by Gasteiger charge is 2.21. The van der Waals surface area contributed by atoms with Crippen LogP contribution in [0.5, 0.6) is 5.75 Å². The lowest BCUT2D eigenvalue weighted by atomic mass is 9.93. The summed E-state index contributed by atoms with van der Waals surface area (Å²) in [5.74, 6) is 0.602. The molecule has 8 heteroatoms. The molecular formula is C16H19ClN4O2S. The molecule has 0 unspecified atom stereocenters. The lowest BCUT2D eigenvalue weighted by Gasteiger charge is -2.16. The second kappa shape index (κ2) is 7.27. The fourth-order valence-corrected chi connectivity index (χ4v) is 2.40. The molecule has 0 aliphatic heterocycles. The lowest BCUT2D eigenvalue weighted by molar-refractivity contribution is 0.340. The first-order valence-corrected chi connectivity index (χ1v) is 8.21. The smallest absolute Gasteiger partial charge is 0.297 e. The Morgan fingerprint density at radius 2 is 2.17 bits per heavy atom. The number of ether oxygens (including phenoxy) is 1. The minimum absolute atomic E-state index is 0.126. The van der Waals surface area contributed by atoms with Crippen LogP contribution in [0, 0.1) is 4.77 Å². The maximum atomic E-state index is 12.5. The summed E-state index contributed by atoms with van der Waals surface area (Å²) in [7, 11) is 0. The molecule has 1 aromatic heterocycles. The van der Waals surface area contributed by atoms with E-state index in [2.05, 4.69) is 15.3 Å². The van der Waals surface area contributed by atoms with E-state index in [1.165, 1.54) is 6.21 Å². The van der Waals surface area contributed by atoms with Gasteiger partial charge in [0.2, 0.25) is 4.77 Å². The van der Waals surface area contributed by atoms with Crippen molar-refractivity contribution in [3.63, 3.8) is 0 Å². The molecule has 0 aliphatic rings. The van der Waals surface area contributed by atoms with E-state index in [-0.39, 0.29) is 10.3 Å². The highest BCUT2D eigenvalue weighted by atomic mass is 35.5. The quantitative estimate of drug-likeness (QED) is 0.663. The summed E-state index contributed by atoms with van der Waals surface area (Å²) in [5, 5.41) is 11.3. The normalized spacial score (nSPS) is 11.9. The molecular weight excluding hydrogens is 348 g/mol. The number of hydrogen-bond acceptors (Lipinski definition) is 5. The summed E-state index contributed by atoms with van der Waals surface area (Å²) in [6.45, 7) is 8.11. The molecule has 1 heterocycles. The SMILES string of the molecule is CCOc1ccc(/C=N\n2c(=S)[nH]nc(C(C)(C)C)c2=O)cc1Cl. The highest BCUT2D eigenvalue weighted by molar-refractivity contribution is 7.71. The highest BCUT2D eigenvalue weighted by Crippen LogP contribution is 2.24. The van der Waals surface area contributed by atoms with E-state index in [0.717, 1.165) is 10.2 Å². The summed E-state index contributed by atoms with van der Waals surface area (Å²) in [6, 6.07) is 5.26. The van der Waals surface area contributed by atoms with Crippen LogP contribution in [0.3, 0.4) is 0 Å². The summed E-state index contributed by atoms with van der Waals surface area (Å²) in [5.41, 5.74) is 0.312. The second-order valence-electron chi connectivity index (χ2n) is 6.11. The van der Waals surface area contributed by atoms with Crippen molar-refractivity contribution < 1.29 is 4.74 Å². The third kappa shape index (κ3) is 4.10. The van der Waals surface area contributed by atoms with Crippen LogP contribution in [0.25, 0.3) is 0 Å². The van der Waals surface area contributed by atoms with Gasteiger partial charge < -0.3 is 4.74 Å². The van der Waals surface area contributed by atoms with Gasteiger partial charge in [0.25, 0.3) is 5.56 Å². The van der Waals surface area contributed by atoms with Crippen molar-refractivity contribution in [2.24, 2.45) is 5.10 Å². The largest absolute Gasteiger partial charge is 0.492 e. The number of rotatable bonds is 4. The summed E-state index contributed by atoms with van der Waals surface area (Å²) >= 11 is 11.2. The molecule has 6 nitrogen and oxygen atoms in total. The summed E-state index contributed by atoms with van der Waals surface area (Å²) in [6.07, 6.45) is 1.51. The van der Waals surface area contributed by atoms with E-state index in [4.69, 9.17) is 28.6 Å². The molecule has 0 saturated heterocycles. The predicted octanol–water partition coefficient (Wildman–Crippen LogP) is 3.53. The maximum Gasteiger partial charge on any atom is 0.297 e. The van der Waals surface area contributed by atoms with Crippen molar-refractivity contribution in [2.45, 2.75) is 33.1 Å². The van der Waals surface area contributed by atoms with E-state index in [1.54, 1.807) is 18.2 Å². The monoisotopic (exact) mass is 366 g/mol. The van der Waals surface area contributed by atoms with Gasteiger partial charge in [-0.25, -0.2) is 0 Å². The van der Waals surface area contributed by atoms with E-state index in [0.29, 0.717) is 23.1 Å². The first-order chi connectivity index (χ1) is 11.2. The van der Waals surface area contributed by atoms with Crippen LogP contribution in [0.4, 0.5) is 0 Å². The molecule has 0 aliphatic carbocycles. The van der Waals surface area contributed by atoms with Crippen molar-refractivity contribution in [3.8, 4) is 5.75 Å². The number of hydrogen-bond donors (Lipinski definition) is 1. The zero-order valence-electron chi connectivity index (χ0n) is 14.0. The average Bonchev–Trinajstić information content (AvgIpc) is 2.48. The van der Waals surface area contributed by atoms with Crippen LogP contribution in [-0.4, -0.2) is 27.7 Å². The Morgan fingerprint density at radius 3 is 2.75 bits per heavy atom. The topological polar surface area (TPSA) is 72.3 Å². The number of aromatic amines is 1. The maximum absolute atomic E-state index is 12.5. The molecule has 1 N–H and O–H groups in total. The van der Waals surface area contributed by atoms with Crippen LogP contribution >= 0.6 is 23.8 Å². The Morgan fingerprint density at radius 1 is 1.46 bits per heavy atom. The fraction of sp³-hybridized carbons (Fsp3) is 0.375. The molecule has 0 radical (unpaired) electrons. The lowest BCUT2D eigenvalue weighted by Crippen LogP contribution is -2.32. The average molecular weight is 367 g/mol. The number of aromatic nitrogens is 3. The standard InChI is InChI=1S/C16H19ClN4O2S/c1-5-23-12-7-6-10(8-11(12)17)9-18-21-14(22)13(16(2,3)4)19-20-15(21)24/h6-9H,5H2,1-4H3,(H,20,24)/b18-9-. The van der Waals surface area contributed by atoms with Gasteiger partial charge in [-0.1, -0.05) is 32.4 Å². The van der Waals surface area contributed by atoms with Gasteiger partial charge in [-0.2, -0.15) is 14.9 Å². The van der Waals surface area contributed by atoms with Crippen LogP contribution in [0.1, 0.15) is 39.0 Å². The zero-order chi connectivity index (χ0) is 17.9. The molecule has 2 aromatic rings. The van der Waals surface area contributed by atoms with E-state index in [9.17, 15) is 4.79 Å². The first-order valence-electron chi connectivity index (χ1n) is 7.43. The Balaban J connectivity index is 2.41. The molecule has 0 saturated carbocycles. The third-order valence-corrected chi connectivity index (χ3v) is 3.70. The molecule has 0 fully saturated rings. The minimum atomic E-state index is -0.420. The zero-order valence-corrected chi connectivity index (χ0v) is 15.5. The molecule has 0 bridgehead atoms. The molecule has 0 atom stereocenters. The van der Waals surface area contributed by atoms with E-state index >= 15 is 0 Å². The number of H-pyrrole nitrogens is 1. The van der Waals surface area contributed by atoms with Gasteiger partial charge in [0.05, 0.1) is 17.8 Å². The van der Waals surface area contributed by atoms with Gasteiger partial charge in [-0.05, 0) is 42.9 Å². The van der Waals surface area contributed by atoms with E-state index in [1.807, 2.05) is 27.7 Å². The summed E-state index contributed by atoms with van der Waals surface area (Å²) < 4.78 is 6.63. The molecule has 1 aromatic carbocycles. The van der Waals surface area contributed by atoms with Gasteiger partial charge in [0, 0.05) is 5.41 Å². The number of halogens is 1. The van der Waals surface area contributed by atoms with Gasteiger partial charge >= 0.3 is 0 Å². The van der Waals surface area contributed by atoms with Crippen LogP contribution in [0.15, 0.2) is 28.1 Å². The van der Waals surface area contributed by atoms with Gasteiger partial charge in [0.15, 0.2) is 0 Å².